The second-order valence-corrected chi connectivity index (χ2v) is 4.48. The van der Waals surface area contributed by atoms with Crippen molar-refractivity contribution in [3.8, 4) is 0 Å². The molecule has 18 heavy (non-hydrogen) atoms. The molecule has 0 unspecified atom stereocenters. The molecule has 0 aliphatic heterocycles. The number of hydrogen-bond acceptors (Lipinski definition) is 5. The Morgan fingerprint density at radius 1 is 1.39 bits per heavy atom. The molecule has 2 heterocycles. The first-order valence-corrected chi connectivity index (χ1v) is 5.90. The highest BCUT2D eigenvalue weighted by molar-refractivity contribution is 5.56. The molecule has 3 N–H and O–H groups in total. The van der Waals surface area contributed by atoms with E-state index in [0.717, 1.165) is 17.1 Å². The average molecular weight is 246 g/mol. The molecule has 0 aromatic carbocycles. The third kappa shape index (κ3) is 2.42. The van der Waals surface area contributed by atoms with Gasteiger partial charge in [-0.15, -0.1) is 0 Å². The van der Waals surface area contributed by atoms with Crippen LogP contribution in [0.4, 0.5) is 11.6 Å². The van der Waals surface area contributed by atoms with E-state index in [4.69, 9.17) is 5.73 Å². The minimum atomic E-state index is 0.278. The Morgan fingerprint density at radius 2 is 2.17 bits per heavy atom. The average Bonchev–Trinajstić information content (AvgIpc) is 2.71. The summed E-state index contributed by atoms with van der Waals surface area (Å²) in [6, 6.07) is 1.96. The largest absolute Gasteiger partial charge is 0.383 e. The predicted molar refractivity (Wildman–Crippen MR) is 71.1 cm³/mol. The Kier molecular flexibility index (Phi) is 3.45. The molecule has 0 saturated heterocycles. The van der Waals surface area contributed by atoms with Gasteiger partial charge in [0.25, 0.3) is 0 Å². The van der Waals surface area contributed by atoms with E-state index in [-0.39, 0.29) is 5.92 Å². The molecule has 2 aromatic rings. The number of nitrogen functional groups attached to an aromatic ring is 1. The predicted octanol–water partition coefficient (Wildman–Crippen LogP) is 1.53. The quantitative estimate of drug-likeness (QED) is 0.855. The third-order valence-electron chi connectivity index (χ3n) is 2.85. The third-order valence-corrected chi connectivity index (χ3v) is 2.85. The van der Waals surface area contributed by atoms with Gasteiger partial charge in [-0.2, -0.15) is 5.10 Å². The lowest BCUT2D eigenvalue weighted by Crippen LogP contribution is -2.11. The van der Waals surface area contributed by atoms with Gasteiger partial charge in [-0.3, -0.25) is 4.68 Å². The molecule has 0 atom stereocenters. The van der Waals surface area contributed by atoms with Crippen LogP contribution in [0.2, 0.25) is 0 Å². The lowest BCUT2D eigenvalue weighted by Gasteiger charge is -2.14. The second-order valence-electron chi connectivity index (χ2n) is 4.48. The van der Waals surface area contributed by atoms with Crippen LogP contribution < -0.4 is 11.1 Å². The lowest BCUT2D eigenvalue weighted by molar-refractivity contribution is 0.719. The maximum atomic E-state index is 5.89. The zero-order valence-corrected chi connectivity index (χ0v) is 10.9. The maximum Gasteiger partial charge on any atom is 0.135 e. The molecular formula is C12H18N6. The first-order chi connectivity index (χ1) is 8.59. The Balaban J connectivity index is 2.19. The van der Waals surface area contributed by atoms with Crippen LogP contribution >= 0.6 is 0 Å². The molecule has 0 fully saturated rings. The van der Waals surface area contributed by atoms with E-state index in [9.17, 15) is 0 Å². The summed E-state index contributed by atoms with van der Waals surface area (Å²) in [7, 11) is 1.91. The number of aromatic nitrogens is 4. The number of rotatable bonds is 4. The van der Waals surface area contributed by atoms with Gasteiger partial charge in [0.05, 0.1) is 12.2 Å². The van der Waals surface area contributed by atoms with E-state index in [1.54, 1.807) is 6.20 Å². The van der Waals surface area contributed by atoms with Crippen molar-refractivity contribution in [2.45, 2.75) is 26.3 Å². The van der Waals surface area contributed by atoms with Gasteiger partial charge in [0.15, 0.2) is 0 Å². The molecule has 2 rings (SSSR count). The van der Waals surface area contributed by atoms with Crippen molar-refractivity contribution in [1.82, 2.24) is 19.7 Å². The number of hydrogen-bond donors (Lipinski definition) is 2. The topological polar surface area (TPSA) is 81.7 Å². The van der Waals surface area contributed by atoms with E-state index < -0.39 is 0 Å². The van der Waals surface area contributed by atoms with Crippen molar-refractivity contribution in [3.63, 3.8) is 0 Å². The zero-order chi connectivity index (χ0) is 13.1. The summed E-state index contributed by atoms with van der Waals surface area (Å²) in [5, 5.41) is 7.41. The Labute approximate surface area is 106 Å². The molecule has 0 radical (unpaired) electrons. The highest BCUT2D eigenvalue weighted by atomic mass is 15.3. The van der Waals surface area contributed by atoms with Crippen LogP contribution in [-0.2, 0) is 13.6 Å². The first kappa shape index (κ1) is 12.3. The van der Waals surface area contributed by atoms with Crippen LogP contribution in [0.15, 0.2) is 18.6 Å². The summed E-state index contributed by atoms with van der Waals surface area (Å²) in [4.78, 5) is 8.29. The summed E-state index contributed by atoms with van der Waals surface area (Å²) in [5.41, 5.74) is 7.94. The fraction of sp³-hybridized carbons (Fsp3) is 0.417. The van der Waals surface area contributed by atoms with Crippen molar-refractivity contribution < 1.29 is 0 Å². The summed E-state index contributed by atoms with van der Waals surface area (Å²) < 4.78 is 1.83. The van der Waals surface area contributed by atoms with E-state index in [0.29, 0.717) is 12.4 Å². The summed E-state index contributed by atoms with van der Waals surface area (Å²) in [6.45, 7) is 4.81. The van der Waals surface area contributed by atoms with E-state index in [1.165, 1.54) is 6.33 Å². The highest BCUT2D eigenvalue weighted by Crippen LogP contribution is 2.26. The van der Waals surface area contributed by atoms with Crippen molar-refractivity contribution in [2.24, 2.45) is 7.05 Å². The van der Waals surface area contributed by atoms with Gasteiger partial charge < -0.3 is 11.1 Å². The molecule has 0 aliphatic rings. The lowest BCUT2D eigenvalue weighted by atomic mass is 10.0. The van der Waals surface area contributed by atoms with Crippen LogP contribution in [-0.4, -0.2) is 19.7 Å². The monoisotopic (exact) mass is 246 g/mol. The summed E-state index contributed by atoms with van der Waals surface area (Å²) in [5.74, 6) is 1.60. The fourth-order valence-corrected chi connectivity index (χ4v) is 1.87. The molecule has 6 heteroatoms. The molecule has 0 bridgehead atoms. The Hall–Kier alpha value is -2.11. The molecular weight excluding hydrogens is 228 g/mol. The van der Waals surface area contributed by atoms with E-state index >= 15 is 0 Å². The van der Waals surface area contributed by atoms with Gasteiger partial charge in [0.2, 0.25) is 0 Å². The molecule has 0 saturated carbocycles. The molecule has 2 aromatic heterocycles. The van der Waals surface area contributed by atoms with Crippen molar-refractivity contribution in [3.05, 3.63) is 29.8 Å². The smallest absolute Gasteiger partial charge is 0.135 e. The van der Waals surface area contributed by atoms with Gasteiger partial charge in [0.1, 0.15) is 18.0 Å². The van der Waals surface area contributed by atoms with E-state index in [2.05, 4.69) is 34.2 Å². The molecule has 0 amide bonds. The SMILES string of the molecule is CC(C)c1c(N)ncnc1NCc1ccnn1C. The Bertz CT molecular complexity index is 531. The second kappa shape index (κ2) is 5.03. The normalized spacial score (nSPS) is 10.9. The first-order valence-electron chi connectivity index (χ1n) is 5.90. The van der Waals surface area contributed by atoms with Gasteiger partial charge in [-0.05, 0) is 12.0 Å². The van der Waals surface area contributed by atoms with Crippen molar-refractivity contribution in [2.75, 3.05) is 11.1 Å². The Morgan fingerprint density at radius 3 is 2.78 bits per heavy atom. The van der Waals surface area contributed by atoms with Gasteiger partial charge in [-0.1, -0.05) is 13.8 Å². The minimum absolute atomic E-state index is 0.278. The summed E-state index contributed by atoms with van der Waals surface area (Å²) in [6.07, 6.45) is 3.25. The zero-order valence-electron chi connectivity index (χ0n) is 10.9. The van der Waals surface area contributed by atoms with Gasteiger partial charge in [0, 0.05) is 18.8 Å². The van der Waals surface area contributed by atoms with Crippen LogP contribution in [0.5, 0.6) is 0 Å². The molecule has 0 aliphatic carbocycles. The fourth-order valence-electron chi connectivity index (χ4n) is 1.87. The number of nitrogens with zero attached hydrogens (tertiary/aromatic N) is 4. The number of anilines is 2. The number of nitrogens with two attached hydrogens (primary N) is 1. The number of aryl methyl sites for hydroxylation is 1. The van der Waals surface area contributed by atoms with Crippen molar-refractivity contribution in [1.29, 1.82) is 0 Å². The molecule has 6 nitrogen and oxygen atoms in total. The van der Waals surface area contributed by atoms with Crippen LogP contribution in [0, 0.1) is 0 Å². The maximum absolute atomic E-state index is 5.89. The van der Waals surface area contributed by atoms with Crippen LogP contribution in [0.1, 0.15) is 31.0 Å². The van der Waals surface area contributed by atoms with Gasteiger partial charge >= 0.3 is 0 Å². The van der Waals surface area contributed by atoms with E-state index in [1.807, 2.05) is 17.8 Å². The van der Waals surface area contributed by atoms with Gasteiger partial charge in [-0.25, -0.2) is 9.97 Å². The standard InChI is InChI=1S/C12H18N6/c1-8(2)10-11(13)15-7-16-12(10)14-6-9-4-5-17-18(9)3/h4-5,7-8H,6H2,1-3H3,(H3,13,14,15,16). The van der Waals surface area contributed by atoms with Crippen LogP contribution in [0.25, 0.3) is 0 Å². The summed E-state index contributed by atoms with van der Waals surface area (Å²) >= 11 is 0. The highest BCUT2D eigenvalue weighted by Gasteiger charge is 2.12. The number of nitrogens with one attached hydrogen (secondary N) is 1. The van der Waals surface area contributed by atoms with Crippen LogP contribution in [0.3, 0.4) is 0 Å². The molecule has 0 spiro atoms. The van der Waals surface area contributed by atoms with Crippen molar-refractivity contribution >= 4 is 11.6 Å². The minimum Gasteiger partial charge on any atom is -0.383 e. The molecule has 96 valence electrons.